The van der Waals surface area contributed by atoms with Crippen LogP contribution in [-0.2, 0) is 20.9 Å². The molecule has 0 fully saturated rings. The van der Waals surface area contributed by atoms with Gasteiger partial charge in [-0.3, -0.25) is 9.59 Å². The number of hydrogen-bond donors (Lipinski definition) is 1. The lowest BCUT2D eigenvalue weighted by Gasteiger charge is -2.21. The molecule has 2 aromatic carbocycles. The van der Waals surface area contributed by atoms with Gasteiger partial charge in [0.15, 0.2) is 0 Å². The third kappa shape index (κ3) is 6.94. The molecule has 154 valence electrons. The first-order valence-electron chi connectivity index (χ1n) is 9.20. The number of nitrogens with one attached hydrogen (secondary N) is 1. The Morgan fingerprint density at radius 2 is 1.69 bits per heavy atom. The van der Waals surface area contributed by atoms with Gasteiger partial charge in [0.05, 0.1) is 23.7 Å². The number of amides is 2. The fourth-order valence-corrected chi connectivity index (χ4v) is 3.43. The first-order valence-corrected chi connectivity index (χ1v) is 10.3. The molecule has 2 rings (SSSR count). The number of carbonyl (C=O) groups excluding carboxylic acids is 3. The maximum atomic E-state index is 12.6. The molecule has 6 nitrogen and oxygen atoms in total. The van der Waals surface area contributed by atoms with Gasteiger partial charge in [-0.05, 0) is 43.7 Å². The maximum Gasteiger partial charge on any atom is 0.337 e. The second-order valence-corrected chi connectivity index (χ2v) is 8.08. The summed E-state index contributed by atoms with van der Waals surface area (Å²) in [6.45, 7) is 4.20. The van der Waals surface area contributed by atoms with Crippen LogP contribution in [0, 0.1) is 6.92 Å². The number of ether oxygens (including phenoxy) is 1. The van der Waals surface area contributed by atoms with Crippen molar-refractivity contribution in [3.05, 3.63) is 65.2 Å². The smallest absolute Gasteiger partial charge is 0.337 e. The molecular formula is C22H26N2O4S. The summed E-state index contributed by atoms with van der Waals surface area (Å²) < 4.78 is 4.68. The van der Waals surface area contributed by atoms with E-state index in [9.17, 15) is 14.4 Å². The minimum Gasteiger partial charge on any atom is -0.465 e. The second-order valence-electron chi connectivity index (χ2n) is 6.75. The van der Waals surface area contributed by atoms with E-state index in [1.165, 1.54) is 18.9 Å². The lowest BCUT2D eigenvalue weighted by Crippen LogP contribution is -2.33. The Kier molecular flexibility index (Phi) is 8.27. The zero-order valence-electron chi connectivity index (χ0n) is 17.1. The normalized spacial score (nSPS) is 11.4. The van der Waals surface area contributed by atoms with Crippen molar-refractivity contribution in [2.24, 2.45) is 0 Å². The van der Waals surface area contributed by atoms with Crippen molar-refractivity contribution in [1.82, 2.24) is 4.90 Å². The number of hydrogen-bond acceptors (Lipinski definition) is 5. The number of aryl methyl sites for hydroxylation is 1. The van der Waals surface area contributed by atoms with Crippen molar-refractivity contribution < 1.29 is 19.1 Å². The number of anilines is 1. The van der Waals surface area contributed by atoms with Gasteiger partial charge in [-0.2, -0.15) is 0 Å². The molecule has 29 heavy (non-hydrogen) atoms. The van der Waals surface area contributed by atoms with Gasteiger partial charge in [-0.15, -0.1) is 11.8 Å². The third-order valence-electron chi connectivity index (χ3n) is 4.32. The predicted octanol–water partition coefficient (Wildman–Crippen LogP) is 3.50. The summed E-state index contributed by atoms with van der Waals surface area (Å²) in [6, 6.07) is 14.5. The van der Waals surface area contributed by atoms with Gasteiger partial charge in [-0.1, -0.05) is 29.8 Å². The van der Waals surface area contributed by atoms with Crippen LogP contribution in [-0.4, -0.2) is 47.8 Å². The standard InChI is InChI=1S/C22H26N2O4S/c1-15-5-11-19(12-6-15)23-20(25)14-29-16(2)21(26)24(3)13-17-7-9-18(10-8-17)22(27)28-4/h5-12,16H,13-14H2,1-4H3,(H,23,25). The summed E-state index contributed by atoms with van der Waals surface area (Å²) in [6.07, 6.45) is 0. The zero-order valence-corrected chi connectivity index (χ0v) is 17.9. The molecule has 0 aliphatic heterocycles. The highest BCUT2D eigenvalue weighted by Gasteiger charge is 2.19. The van der Waals surface area contributed by atoms with Crippen LogP contribution in [0.3, 0.4) is 0 Å². The Bertz CT molecular complexity index is 850. The first kappa shape index (κ1) is 22.5. The molecule has 0 saturated heterocycles. The molecule has 2 aromatic rings. The maximum absolute atomic E-state index is 12.6. The zero-order chi connectivity index (χ0) is 21.4. The SMILES string of the molecule is COC(=O)c1ccc(CN(C)C(=O)C(C)SCC(=O)Nc2ccc(C)cc2)cc1. The molecular weight excluding hydrogens is 388 g/mol. The summed E-state index contributed by atoms with van der Waals surface area (Å²) in [5, 5.41) is 2.48. The quantitative estimate of drug-likeness (QED) is 0.669. The third-order valence-corrected chi connectivity index (χ3v) is 5.45. The average molecular weight is 415 g/mol. The van der Waals surface area contributed by atoms with Crippen molar-refractivity contribution in [1.29, 1.82) is 0 Å². The average Bonchev–Trinajstić information content (AvgIpc) is 2.73. The van der Waals surface area contributed by atoms with Crippen molar-refractivity contribution in [3.8, 4) is 0 Å². The van der Waals surface area contributed by atoms with E-state index >= 15 is 0 Å². The van der Waals surface area contributed by atoms with Gasteiger partial charge >= 0.3 is 5.97 Å². The number of carbonyl (C=O) groups is 3. The van der Waals surface area contributed by atoms with E-state index in [4.69, 9.17) is 0 Å². The molecule has 0 saturated carbocycles. The van der Waals surface area contributed by atoms with Gasteiger partial charge in [-0.25, -0.2) is 4.79 Å². The number of benzene rings is 2. The van der Waals surface area contributed by atoms with Crippen LogP contribution >= 0.6 is 11.8 Å². The van der Waals surface area contributed by atoms with E-state index in [2.05, 4.69) is 10.1 Å². The summed E-state index contributed by atoms with van der Waals surface area (Å²) in [5.41, 5.74) is 3.24. The first-order chi connectivity index (χ1) is 13.8. The topological polar surface area (TPSA) is 75.7 Å². The van der Waals surface area contributed by atoms with E-state index in [1.54, 1.807) is 43.1 Å². The van der Waals surface area contributed by atoms with Crippen LogP contribution in [0.15, 0.2) is 48.5 Å². The van der Waals surface area contributed by atoms with Crippen LogP contribution in [0.1, 0.15) is 28.4 Å². The van der Waals surface area contributed by atoms with Crippen LogP contribution in [0.25, 0.3) is 0 Å². The van der Waals surface area contributed by atoms with Crippen LogP contribution < -0.4 is 5.32 Å². The minimum absolute atomic E-state index is 0.0600. The van der Waals surface area contributed by atoms with E-state index in [0.29, 0.717) is 12.1 Å². The van der Waals surface area contributed by atoms with Crippen molar-refractivity contribution >= 4 is 35.2 Å². The highest BCUT2D eigenvalue weighted by molar-refractivity contribution is 8.01. The molecule has 0 radical (unpaired) electrons. The van der Waals surface area contributed by atoms with Gasteiger partial charge in [0.1, 0.15) is 0 Å². The van der Waals surface area contributed by atoms with Crippen LogP contribution in [0.2, 0.25) is 0 Å². The van der Waals surface area contributed by atoms with Crippen LogP contribution in [0.5, 0.6) is 0 Å². The lowest BCUT2D eigenvalue weighted by molar-refractivity contribution is -0.129. The largest absolute Gasteiger partial charge is 0.465 e. The van der Waals surface area contributed by atoms with Gasteiger partial charge in [0.25, 0.3) is 0 Å². The van der Waals surface area contributed by atoms with Gasteiger partial charge in [0.2, 0.25) is 11.8 Å². The Morgan fingerprint density at radius 3 is 2.28 bits per heavy atom. The fourth-order valence-electron chi connectivity index (χ4n) is 2.63. The van der Waals surface area contributed by atoms with Crippen molar-refractivity contribution in [2.75, 3.05) is 25.2 Å². The van der Waals surface area contributed by atoms with Crippen molar-refractivity contribution in [2.45, 2.75) is 25.6 Å². The number of methoxy groups -OCH3 is 1. The molecule has 0 aliphatic carbocycles. The van der Waals surface area contributed by atoms with E-state index in [1.807, 2.05) is 31.2 Å². The minimum atomic E-state index is -0.394. The molecule has 2 amide bonds. The molecule has 0 aliphatic rings. The Balaban J connectivity index is 1.81. The van der Waals surface area contributed by atoms with Crippen LogP contribution in [0.4, 0.5) is 5.69 Å². The summed E-state index contributed by atoms with van der Waals surface area (Å²) in [5.74, 6) is -0.396. The van der Waals surface area contributed by atoms with Gasteiger partial charge < -0.3 is 15.0 Å². The second kappa shape index (κ2) is 10.7. The summed E-state index contributed by atoms with van der Waals surface area (Å²) in [4.78, 5) is 37.8. The molecule has 0 spiro atoms. The number of rotatable bonds is 8. The fraction of sp³-hybridized carbons (Fsp3) is 0.318. The highest BCUT2D eigenvalue weighted by Crippen LogP contribution is 2.16. The molecule has 0 aromatic heterocycles. The number of esters is 1. The number of thioether (sulfide) groups is 1. The Labute approximate surface area is 175 Å². The van der Waals surface area contributed by atoms with E-state index < -0.39 is 5.97 Å². The lowest BCUT2D eigenvalue weighted by atomic mass is 10.1. The van der Waals surface area contributed by atoms with Gasteiger partial charge in [0, 0.05) is 19.3 Å². The Hall–Kier alpha value is -2.80. The molecule has 0 bridgehead atoms. The Morgan fingerprint density at radius 1 is 1.07 bits per heavy atom. The van der Waals surface area contributed by atoms with E-state index in [-0.39, 0.29) is 22.8 Å². The summed E-state index contributed by atoms with van der Waals surface area (Å²) >= 11 is 1.30. The molecule has 1 atom stereocenters. The number of nitrogens with zero attached hydrogens (tertiary/aromatic N) is 1. The molecule has 0 heterocycles. The highest BCUT2D eigenvalue weighted by atomic mass is 32.2. The summed E-state index contributed by atoms with van der Waals surface area (Å²) in [7, 11) is 3.06. The molecule has 1 unspecified atom stereocenters. The molecule has 7 heteroatoms. The molecule has 1 N–H and O–H groups in total. The predicted molar refractivity (Wildman–Crippen MR) is 116 cm³/mol. The van der Waals surface area contributed by atoms with E-state index in [0.717, 1.165) is 16.8 Å². The monoisotopic (exact) mass is 414 g/mol. The van der Waals surface area contributed by atoms with Crippen molar-refractivity contribution in [3.63, 3.8) is 0 Å².